The molecule has 2 aromatic carbocycles. The van der Waals surface area contributed by atoms with E-state index in [2.05, 4.69) is 5.32 Å². The Morgan fingerprint density at radius 1 is 1.14 bits per heavy atom. The van der Waals surface area contributed by atoms with E-state index < -0.39 is 22.9 Å². The monoisotopic (exact) mass is 492 g/mol. The lowest BCUT2D eigenvalue weighted by atomic mass is 9.63. The van der Waals surface area contributed by atoms with Crippen LogP contribution in [0.4, 0.5) is 0 Å². The summed E-state index contributed by atoms with van der Waals surface area (Å²) in [6.07, 6.45) is 1.43. The van der Waals surface area contributed by atoms with Crippen molar-refractivity contribution in [3.63, 3.8) is 0 Å². The number of nitrogens with one attached hydrogen (secondary N) is 1. The molecule has 3 atom stereocenters. The minimum Gasteiger partial charge on any atom is -0.374 e. The van der Waals surface area contributed by atoms with Gasteiger partial charge in [-0.3, -0.25) is 14.4 Å². The first-order chi connectivity index (χ1) is 17.1. The molecule has 2 aliphatic heterocycles. The average Bonchev–Trinajstić information content (AvgIpc) is 2.88. The minimum absolute atomic E-state index is 0.00894. The maximum Gasteiger partial charge on any atom is 0.247 e. The number of carbonyl (C=O) groups excluding carboxylic acids is 3. The van der Waals surface area contributed by atoms with E-state index >= 15 is 0 Å². The summed E-state index contributed by atoms with van der Waals surface area (Å²) >= 11 is 0. The Bertz CT molecular complexity index is 1090. The van der Waals surface area contributed by atoms with Crippen LogP contribution in [-0.4, -0.2) is 65.8 Å². The van der Waals surface area contributed by atoms with Gasteiger partial charge in [-0.15, -0.1) is 0 Å². The molecule has 8 nitrogen and oxygen atoms in total. The van der Waals surface area contributed by atoms with Gasteiger partial charge in [-0.2, -0.15) is 0 Å². The maximum atomic E-state index is 13.7. The van der Waals surface area contributed by atoms with Crippen LogP contribution in [0.2, 0.25) is 0 Å². The van der Waals surface area contributed by atoms with Crippen molar-refractivity contribution in [1.82, 2.24) is 15.1 Å². The predicted octanol–water partition coefficient (Wildman–Crippen LogP) is 2.25. The fourth-order valence-electron chi connectivity index (χ4n) is 5.35. The molecule has 0 bridgehead atoms. The fraction of sp³-hybridized carbons (Fsp3) is 0.464. The molecule has 0 radical (unpaired) electrons. The third kappa shape index (κ3) is 5.15. The Morgan fingerprint density at radius 3 is 2.42 bits per heavy atom. The molecule has 0 aromatic heterocycles. The summed E-state index contributed by atoms with van der Waals surface area (Å²) in [6.45, 7) is 4.35. The number of likely N-dealkylation sites (tertiary alicyclic amines) is 2. The lowest BCUT2D eigenvalue weighted by Crippen LogP contribution is -2.68. The molecule has 2 fully saturated rings. The first-order valence-corrected chi connectivity index (χ1v) is 12.5. The van der Waals surface area contributed by atoms with Crippen molar-refractivity contribution in [3.05, 3.63) is 71.8 Å². The lowest BCUT2D eigenvalue weighted by molar-refractivity contribution is -0.179. The zero-order valence-electron chi connectivity index (χ0n) is 21.3. The fourth-order valence-corrected chi connectivity index (χ4v) is 5.35. The van der Waals surface area contributed by atoms with Gasteiger partial charge in [0.2, 0.25) is 17.7 Å². The van der Waals surface area contributed by atoms with Crippen molar-refractivity contribution < 1.29 is 19.1 Å². The van der Waals surface area contributed by atoms with Crippen LogP contribution in [0.15, 0.2) is 60.7 Å². The number of benzene rings is 2. The zero-order chi connectivity index (χ0) is 25.9. The maximum absolute atomic E-state index is 13.7. The summed E-state index contributed by atoms with van der Waals surface area (Å²) < 4.78 is 5.85. The van der Waals surface area contributed by atoms with Gasteiger partial charge in [0, 0.05) is 20.1 Å². The van der Waals surface area contributed by atoms with Gasteiger partial charge in [-0.25, -0.2) is 0 Å². The van der Waals surface area contributed by atoms with Gasteiger partial charge in [0.25, 0.3) is 0 Å². The zero-order valence-corrected chi connectivity index (χ0v) is 21.3. The molecule has 2 unspecified atom stereocenters. The predicted molar refractivity (Wildman–Crippen MR) is 136 cm³/mol. The molecule has 192 valence electrons. The third-order valence-electron chi connectivity index (χ3n) is 7.19. The summed E-state index contributed by atoms with van der Waals surface area (Å²) in [5.74, 6) is -0.635. The summed E-state index contributed by atoms with van der Waals surface area (Å²) in [4.78, 5) is 43.1. The number of β-lactam (4-membered cyclic amide) rings is 1. The number of rotatable bonds is 8. The molecule has 3 amide bonds. The molecule has 2 aliphatic rings. The van der Waals surface area contributed by atoms with Gasteiger partial charge in [0.05, 0.1) is 30.2 Å². The summed E-state index contributed by atoms with van der Waals surface area (Å²) in [5.41, 5.74) is 6.22. The highest BCUT2D eigenvalue weighted by Crippen LogP contribution is 2.53. The van der Waals surface area contributed by atoms with E-state index in [1.54, 1.807) is 23.6 Å². The highest BCUT2D eigenvalue weighted by Gasteiger charge is 2.61. The molecule has 3 N–H and O–H groups in total. The van der Waals surface area contributed by atoms with E-state index in [1.807, 2.05) is 67.7 Å². The molecule has 4 rings (SSSR count). The smallest absolute Gasteiger partial charge is 0.247 e. The van der Waals surface area contributed by atoms with Crippen LogP contribution in [0.5, 0.6) is 0 Å². The van der Waals surface area contributed by atoms with Crippen molar-refractivity contribution >= 4 is 17.7 Å². The standard InChI is InChI=1S/C28H36N4O4/c1-27(2,29)25(34)30-22(18-36-17-20-11-6-4-7-12-20)24(33)32-16-10-15-28(19-32)23(31(3)26(28)35)21-13-8-5-9-14-21/h4-9,11-14,22-23H,10,15-19,29H2,1-3H3,(H,30,34)/t22-,23?,28?/m1/s1. The van der Waals surface area contributed by atoms with E-state index in [0.717, 1.165) is 17.5 Å². The second-order valence-electron chi connectivity index (χ2n) is 10.5. The Labute approximate surface area is 212 Å². The van der Waals surface area contributed by atoms with Crippen molar-refractivity contribution in [1.29, 1.82) is 0 Å². The van der Waals surface area contributed by atoms with E-state index in [1.165, 1.54) is 0 Å². The van der Waals surface area contributed by atoms with Gasteiger partial charge in [0.15, 0.2) is 0 Å². The van der Waals surface area contributed by atoms with Crippen molar-refractivity contribution in [2.75, 3.05) is 26.7 Å². The van der Waals surface area contributed by atoms with Crippen molar-refractivity contribution in [2.45, 2.75) is 50.9 Å². The van der Waals surface area contributed by atoms with Gasteiger partial charge in [-0.1, -0.05) is 60.7 Å². The van der Waals surface area contributed by atoms with Crippen LogP contribution < -0.4 is 11.1 Å². The topological polar surface area (TPSA) is 105 Å². The molecule has 36 heavy (non-hydrogen) atoms. The van der Waals surface area contributed by atoms with Crippen molar-refractivity contribution in [2.24, 2.45) is 11.1 Å². The SMILES string of the molecule is CN1C(=O)C2(CCCN(C(=O)[C@@H](COCc3ccccc3)NC(=O)C(C)(C)N)C2)C1c1ccccc1. The molecule has 2 heterocycles. The van der Waals surface area contributed by atoms with Gasteiger partial charge in [-0.05, 0) is 37.8 Å². The first-order valence-electron chi connectivity index (χ1n) is 12.5. The molecule has 1 spiro atoms. The second-order valence-corrected chi connectivity index (χ2v) is 10.5. The number of nitrogens with zero attached hydrogens (tertiary/aromatic N) is 2. The number of nitrogens with two attached hydrogens (primary N) is 1. The van der Waals surface area contributed by atoms with Gasteiger partial charge < -0.3 is 25.6 Å². The summed E-state index contributed by atoms with van der Waals surface area (Å²) in [6, 6.07) is 18.6. The van der Waals surface area contributed by atoms with E-state index in [0.29, 0.717) is 26.1 Å². The Kier molecular flexibility index (Phi) is 7.47. The van der Waals surface area contributed by atoms with E-state index in [4.69, 9.17) is 10.5 Å². The summed E-state index contributed by atoms with van der Waals surface area (Å²) in [5, 5.41) is 2.79. The quantitative estimate of drug-likeness (QED) is 0.550. The van der Waals surface area contributed by atoms with Crippen molar-refractivity contribution in [3.8, 4) is 0 Å². The molecular weight excluding hydrogens is 456 g/mol. The van der Waals surface area contributed by atoms with Crippen LogP contribution in [0.3, 0.4) is 0 Å². The highest BCUT2D eigenvalue weighted by molar-refractivity contribution is 5.94. The third-order valence-corrected chi connectivity index (χ3v) is 7.19. The minimum atomic E-state index is -1.15. The van der Waals surface area contributed by atoms with E-state index in [-0.39, 0.29) is 24.5 Å². The lowest BCUT2D eigenvalue weighted by Gasteiger charge is -2.58. The molecular formula is C28H36N4O4. The first kappa shape index (κ1) is 25.9. The van der Waals surface area contributed by atoms with Crippen LogP contribution >= 0.6 is 0 Å². The number of piperidine rings is 1. The molecule has 2 aromatic rings. The second kappa shape index (κ2) is 10.4. The number of hydrogen-bond donors (Lipinski definition) is 2. The number of hydrogen-bond acceptors (Lipinski definition) is 5. The molecule has 0 aliphatic carbocycles. The highest BCUT2D eigenvalue weighted by atomic mass is 16.5. The normalized spacial score (nSPS) is 22.8. The van der Waals surface area contributed by atoms with Crippen LogP contribution in [0.1, 0.15) is 43.9 Å². The molecule has 0 saturated carbocycles. The number of ether oxygens (including phenoxy) is 1. The van der Waals surface area contributed by atoms with Crippen LogP contribution in [0, 0.1) is 5.41 Å². The van der Waals surface area contributed by atoms with Crippen LogP contribution in [-0.2, 0) is 25.7 Å². The summed E-state index contributed by atoms with van der Waals surface area (Å²) in [7, 11) is 1.82. The Hall–Kier alpha value is -3.23. The Morgan fingerprint density at radius 2 is 1.78 bits per heavy atom. The van der Waals surface area contributed by atoms with E-state index in [9.17, 15) is 14.4 Å². The average molecular weight is 493 g/mol. The molecule has 8 heteroatoms. The largest absolute Gasteiger partial charge is 0.374 e. The number of carbonyl (C=O) groups is 3. The van der Waals surface area contributed by atoms with Crippen LogP contribution in [0.25, 0.3) is 0 Å². The number of amides is 3. The Balaban J connectivity index is 1.51. The molecule has 2 saturated heterocycles. The van der Waals surface area contributed by atoms with Gasteiger partial charge in [0.1, 0.15) is 6.04 Å². The van der Waals surface area contributed by atoms with Gasteiger partial charge >= 0.3 is 0 Å².